The third kappa shape index (κ3) is 3.16. The van der Waals surface area contributed by atoms with Crippen LogP contribution < -0.4 is 0 Å². The van der Waals surface area contributed by atoms with Gasteiger partial charge in [-0.3, -0.25) is 4.68 Å². The first-order valence-electron chi connectivity index (χ1n) is 5.37. The molecule has 19 heavy (non-hydrogen) atoms. The number of aromatic carboxylic acids is 1. The van der Waals surface area contributed by atoms with Crippen LogP contribution in [0.15, 0.2) is 41.8 Å². The molecular formula is C11H11N3O4S. The maximum atomic E-state index is 12.0. The Morgan fingerprint density at radius 2 is 1.95 bits per heavy atom. The Labute approximate surface area is 109 Å². The summed E-state index contributed by atoms with van der Waals surface area (Å²) in [6.07, 6.45) is 2.76. The van der Waals surface area contributed by atoms with Gasteiger partial charge in [0.2, 0.25) is 0 Å². The van der Waals surface area contributed by atoms with Gasteiger partial charge in [0.1, 0.15) is 12.7 Å². The van der Waals surface area contributed by atoms with E-state index in [9.17, 15) is 13.2 Å². The third-order valence-corrected chi connectivity index (χ3v) is 4.23. The fourth-order valence-electron chi connectivity index (χ4n) is 1.48. The molecule has 0 atom stereocenters. The quantitative estimate of drug-likeness (QED) is 0.853. The first-order chi connectivity index (χ1) is 8.99. The van der Waals surface area contributed by atoms with Crippen molar-refractivity contribution < 1.29 is 18.3 Å². The lowest BCUT2D eigenvalue weighted by atomic mass is 10.2. The Morgan fingerprint density at radius 3 is 2.47 bits per heavy atom. The Morgan fingerprint density at radius 1 is 1.26 bits per heavy atom. The zero-order valence-corrected chi connectivity index (χ0v) is 10.6. The van der Waals surface area contributed by atoms with E-state index in [1.807, 2.05) is 0 Å². The maximum absolute atomic E-state index is 12.0. The van der Waals surface area contributed by atoms with Crippen LogP contribution in [0.25, 0.3) is 0 Å². The van der Waals surface area contributed by atoms with E-state index in [1.165, 1.54) is 41.6 Å². The minimum absolute atomic E-state index is 0.0511. The summed E-state index contributed by atoms with van der Waals surface area (Å²) >= 11 is 0. The Bertz CT molecular complexity index is 662. The number of carboxylic acid groups (broad SMARTS) is 1. The van der Waals surface area contributed by atoms with Gasteiger partial charge in [-0.05, 0) is 24.3 Å². The molecule has 0 aliphatic rings. The van der Waals surface area contributed by atoms with Gasteiger partial charge in [0, 0.05) is 0 Å². The molecule has 0 saturated carbocycles. The summed E-state index contributed by atoms with van der Waals surface area (Å²) < 4.78 is 25.4. The highest BCUT2D eigenvalue weighted by Gasteiger charge is 2.15. The van der Waals surface area contributed by atoms with Crippen molar-refractivity contribution in [3.8, 4) is 0 Å². The fourth-order valence-corrected chi connectivity index (χ4v) is 2.70. The van der Waals surface area contributed by atoms with Gasteiger partial charge in [-0.15, -0.1) is 0 Å². The van der Waals surface area contributed by atoms with Crippen molar-refractivity contribution in [2.24, 2.45) is 0 Å². The van der Waals surface area contributed by atoms with Crippen LogP contribution in [0.3, 0.4) is 0 Å². The van der Waals surface area contributed by atoms with Crippen LogP contribution in [0.2, 0.25) is 0 Å². The predicted molar refractivity (Wildman–Crippen MR) is 65.5 cm³/mol. The molecular weight excluding hydrogens is 270 g/mol. The topological polar surface area (TPSA) is 102 Å². The van der Waals surface area contributed by atoms with E-state index in [-0.39, 0.29) is 22.8 Å². The van der Waals surface area contributed by atoms with Gasteiger partial charge < -0.3 is 5.11 Å². The van der Waals surface area contributed by atoms with Gasteiger partial charge in [0.15, 0.2) is 9.84 Å². The molecule has 100 valence electrons. The lowest BCUT2D eigenvalue weighted by Gasteiger charge is -2.04. The average Bonchev–Trinajstić information content (AvgIpc) is 2.90. The maximum Gasteiger partial charge on any atom is 0.335 e. The van der Waals surface area contributed by atoms with Gasteiger partial charge in [0.25, 0.3) is 0 Å². The SMILES string of the molecule is O=C(O)c1ccc(S(=O)(=O)CCn2cncn2)cc1. The van der Waals surface area contributed by atoms with Crippen molar-refractivity contribution in [1.29, 1.82) is 0 Å². The van der Waals surface area contributed by atoms with Crippen LogP contribution >= 0.6 is 0 Å². The summed E-state index contributed by atoms with van der Waals surface area (Å²) in [7, 11) is -3.46. The van der Waals surface area contributed by atoms with E-state index in [4.69, 9.17) is 5.11 Å². The molecule has 8 heteroatoms. The standard InChI is InChI=1S/C11H11N3O4S/c15-11(16)9-1-3-10(4-2-9)19(17,18)6-5-14-8-12-7-13-14/h1-4,7-8H,5-6H2,(H,15,16). The second kappa shape index (κ2) is 5.19. The normalized spacial score (nSPS) is 11.4. The molecule has 0 radical (unpaired) electrons. The smallest absolute Gasteiger partial charge is 0.335 e. The van der Waals surface area contributed by atoms with Gasteiger partial charge in [-0.25, -0.2) is 18.2 Å². The number of nitrogens with zero attached hydrogens (tertiary/aromatic N) is 3. The molecule has 7 nitrogen and oxygen atoms in total. The lowest BCUT2D eigenvalue weighted by Crippen LogP contribution is -2.13. The predicted octanol–water partition coefficient (Wildman–Crippen LogP) is 0.450. The number of benzene rings is 1. The average molecular weight is 281 g/mol. The first kappa shape index (κ1) is 13.2. The molecule has 2 rings (SSSR count). The number of carboxylic acids is 1. The molecule has 0 saturated heterocycles. The zero-order valence-electron chi connectivity index (χ0n) is 9.80. The van der Waals surface area contributed by atoms with Crippen LogP contribution in [0.1, 0.15) is 10.4 Å². The van der Waals surface area contributed by atoms with Gasteiger partial charge in [-0.2, -0.15) is 5.10 Å². The highest BCUT2D eigenvalue weighted by atomic mass is 32.2. The molecule has 1 heterocycles. The van der Waals surface area contributed by atoms with Crippen LogP contribution in [0, 0.1) is 0 Å². The fraction of sp³-hybridized carbons (Fsp3) is 0.182. The van der Waals surface area contributed by atoms with Crippen LogP contribution in [0.4, 0.5) is 0 Å². The highest BCUT2D eigenvalue weighted by Crippen LogP contribution is 2.13. The molecule has 1 N–H and O–H groups in total. The Hall–Kier alpha value is -2.22. The van der Waals surface area contributed by atoms with E-state index in [1.54, 1.807) is 0 Å². The van der Waals surface area contributed by atoms with Crippen LogP contribution in [-0.2, 0) is 16.4 Å². The van der Waals surface area contributed by atoms with Crippen molar-refractivity contribution in [2.45, 2.75) is 11.4 Å². The third-order valence-electron chi connectivity index (χ3n) is 2.52. The minimum atomic E-state index is -3.46. The number of hydrogen-bond acceptors (Lipinski definition) is 5. The molecule has 0 unspecified atom stereocenters. The van der Waals surface area contributed by atoms with Gasteiger partial charge >= 0.3 is 5.97 Å². The van der Waals surface area contributed by atoms with Crippen molar-refractivity contribution in [1.82, 2.24) is 14.8 Å². The molecule has 0 bridgehead atoms. The summed E-state index contributed by atoms with van der Waals surface area (Å²) in [5.41, 5.74) is 0.0511. The van der Waals surface area contributed by atoms with Crippen molar-refractivity contribution in [3.05, 3.63) is 42.5 Å². The Kier molecular flexibility index (Phi) is 3.61. The van der Waals surface area contributed by atoms with E-state index in [0.29, 0.717) is 0 Å². The number of carbonyl (C=O) groups is 1. The highest BCUT2D eigenvalue weighted by molar-refractivity contribution is 7.91. The van der Waals surface area contributed by atoms with E-state index in [0.717, 1.165) is 0 Å². The number of rotatable bonds is 5. The largest absolute Gasteiger partial charge is 0.478 e. The van der Waals surface area contributed by atoms with E-state index in [2.05, 4.69) is 10.1 Å². The molecule has 1 aromatic heterocycles. The molecule has 1 aromatic carbocycles. The zero-order chi connectivity index (χ0) is 13.9. The minimum Gasteiger partial charge on any atom is -0.478 e. The summed E-state index contributed by atoms with van der Waals surface area (Å²) in [4.78, 5) is 14.5. The van der Waals surface area contributed by atoms with E-state index < -0.39 is 15.8 Å². The summed E-state index contributed by atoms with van der Waals surface area (Å²) in [6.45, 7) is 0.197. The molecule has 0 spiro atoms. The summed E-state index contributed by atoms with van der Waals surface area (Å²) in [6, 6.07) is 5.12. The summed E-state index contributed by atoms with van der Waals surface area (Å²) in [5.74, 6) is -1.21. The number of aryl methyl sites for hydroxylation is 1. The van der Waals surface area contributed by atoms with Crippen LogP contribution in [-0.4, -0.2) is 40.0 Å². The first-order valence-corrected chi connectivity index (χ1v) is 7.03. The van der Waals surface area contributed by atoms with Gasteiger partial charge in [0.05, 0.1) is 22.8 Å². The van der Waals surface area contributed by atoms with Crippen LogP contribution in [0.5, 0.6) is 0 Å². The second-order valence-electron chi connectivity index (χ2n) is 3.81. The van der Waals surface area contributed by atoms with E-state index >= 15 is 0 Å². The van der Waals surface area contributed by atoms with Crippen molar-refractivity contribution >= 4 is 15.8 Å². The van der Waals surface area contributed by atoms with Crippen molar-refractivity contribution in [2.75, 3.05) is 5.75 Å². The lowest BCUT2D eigenvalue weighted by molar-refractivity contribution is 0.0697. The van der Waals surface area contributed by atoms with Crippen molar-refractivity contribution in [3.63, 3.8) is 0 Å². The molecule has 0 aliphatic carbocycles. The second-order valence-corrected chi connectivity index (χ2v) is 5.92. The Balaban J connectivity index is 2.13. The molecule has 0 aliphatic heterocycles. The molecule has 0 amide bonds. The number of hydrogen-bond donors (Lipinski definition) is 1. The monoisotopic (exact) mass is 281 g/mol. The summed E-state index contributed by atoms with van der Waals surface area (Å²) in [5, 5.41) is 12.6. The number of aromatic nitrogens is 3. The number of sulfone groups is 1. The molecule has 2 aromatic rings. The molecule has 0 fully saturated rings. The van der Waals surface area contributed by atoms with Gasteiger partial charge in [-0.1, -0.05) is 0 Å².